The maximum absolute atomic E-state index is 14.0. The topological polar surface area (TPSA) is 159 Å². The minimum Gasteiger partial charge on any atom is -0.500 e. The van der Waals surface area contributed by atoms with Crippen molar-refractivity contribution in [3.05, 3.63) is 34.4 Å². The lowest BCUT2D eigenvalue weighted by molar-refractivity contribution is -0.177. The highest BCUT2D eigenvalue weighted by Gasteiger charge is 2.59. The van der Waals surface area contributed by atoms with Crippen LogP contribution in [-0.4, -0.2) is 59.6 Å². The zero-order chi connectivity index (χ0) is 29.4. The maximum Gasteiger partial charge on any atom is 0.310 e. The second kappa shape index (κ2) is 10.8. The van der Waals surface area contributed by atoms with E-state index in [1.807, 2.05) is 0 Å². The summed E-state index contributed by atoms with van der Waals surface area (Å²) >= 11 is 0. The van der Waals surface area contributed by atoms with Gasteiger partial charge in [-0.25, -0.2) is 0 Å². The van der Waals surface area contributed by atoms with Crippen LogP contribution in [-0.2, 0) is 38.2 Å². The van der Waals surface area contributed by atoms with E-state index in [0.29, 0.717) is 12.8 Å². The average molecular weight is 534 g/mol. The Bertz CT molecular complexity index is 1160. The molecular formula is C28H39NO9. The Balaban J connectivity index is 2.78. The van der Waals surface area contributed by atoms with Gasteiger partial charge in [0.15, 0.2) is 23.0 Å². The number of hydrogen-bond acceptors (Lipinski definition) is 10. The predicted octanol–water partition coefficient (Wildman–Crippen LogP) is 2.48. The molecule has 2 aliphatic rings. The molecule has 3 N–H and O–H groups in total. The van der Waals surface area contributed by atoms with Crippen LogP contribution in [0.5, 0.6) is 0 Å². The summed E-state index contributed by atoms with van der Waals surface area (Å²) < 4.78 is 16.4. The molecule has 2 aliphatic carbocycles. The molecular weight excluding hydrogens is 494 g/mol. The molecule has 10 nitrogen and oxygen atoms in total. The van der Waals surface area contributed by atoms with Crippen LogP contribution >= 0.6 is 0 Å². The van der Waals surface area contributed by atoms with E-state index in [9.17, 15) is 29.1 Å². The molecule has 10 heteroatoms. The number of aliphatic hydroxyl groups is 1. The van der Waals surface area contributed by atoms with Crippen molar-refractivity contribution in [3.63, 3.8) is 0 Å². The summed E-state index contributed by atoms with van der Waals surface area (Å²) in [6.07, 6.45) is 1.53. The monoisotopic (exact) mass is 533 g/mol. The van der Waals surface area contributed by atoms with E-state index in [4.69, 9.17) is 19.9 Å². The van der Waals surface area contributed by atoms with E-state index in [1.54, 1.807) is 27.7 Å². The number of rotatable bonds is 10. The second-order valence-corrected chi connectivity index (χ2v) is 10.6. The fourth-order valence-electron chi connectivity index (χ4n) is 4.63. The van der Waals surface area contributed by atoms with Crippen LogP contribution in [0, 0.1) is 17.3 Å². The van der Waals surface area contributed by atoms with Gasteiger partial charge < -0.3 is 25.1 Å². The summed E-state index contributed by atoms with van der Waals surface area (Å²) in [7, 11) is 2.51. The summed E-state index contributed by atoms with van der Waals surface area (Å²) in [5.41, 5.74) is -0.685. The summed E-state index contributed by atoms with van der Waals surface area (Å²) in [5, 5.41) is 11.1. The molecule has 0 aromatic rings. The molecule has 0 amide bonds. The fraction of sp³-hybridized carbons (Fsp3) is 0.607. The van der Waals surface area contributed by atoms with Crippen molar-refractivity contribution in [1.29, 1.82) is 0 Å². The van der Waals surface area contributed by atoms with E-state index in [2.05, 4.69) is 0 Å². The molecule has 0 aromatic heterocycles. The number of ether oxygens (including phenoxy) is 3. The number of hydrogen-bond donors (Lipinski definition) is 2. The Kier molecular flexibility index (Phi) is 8.83. The average Bonchev–Trinajstić information content (AvgIpc) is 2.88. The van der Waals surface area contributed by atoms with E-state index in [-0.39, 0.29) is 28.4 Å². The zero-order valence-electron chi connectivity index (χ0n) is 23.6. The Morgan fingerprint density at radius 3 is 2.03 bits per heavy atom. The number of Topliss-reactive ketones (excluding diaryl/α,β-unsaturated/α-hetero) is 3. The third-order valence-corrected chi connectivity index (χ3v) is 7.80. The van der Waals surface area contributed by atoms with Gasteiger partial charge in [-0.15, -0.1) is 0 Å². The van der Waals surface area contributed by atoms with Gasteiger partial charge in [0, 0.05) is 17.6 Å². The van der Waals surface area contributed by atoms with Gasteiger partial charge in [-0.3, -0.25) is 24.0 Å². The van der Waals surface area contributed by atoms with Gasteiger partial charge in [-0.2, -0.15) is 0 Å². The Morgan fingerprint density at radius 1 is 1.00 bits per heavy atom. The summed E-state index contributed by atoms with van der Waals surface area (Å²) in [6.45, 7) is 10.7. The Hall–Kier alpha value is -3.27. The first-order chi connectivity index (χ1) is 17.5. The highest BCUT2D eigenvalue weighted by Crippen LogP contribution is 2.47. The normalized spacial score (nSPS) is 29.6. The molecule has 0 aliphatic heterocycles. The number of nitrogens with two attached hydrogens (primary N) is 1. The van der Waals surface area contributed by atoms with Crippen LogP contribution in [0.3, 0.4) is 0 Å². The van der Waals surface area contributed by atoms with Crippen LogP contribution in [0.1, 0.15) is 67.7 Å². The third-order valence-electron chi connectivity index (χ3n) is 7.80. The van der Waals surface area contributed by atoms with Crippen molar-refractivity contribution in [2.75, 3.05) is 14.2 Å². The van der Waals surface area contributed by atoms with Crippen LogP contribution in [0.25, 0.3) is 0 Å². The first-order valence-electron chi connectivity index (χ1n) is 12.7. The van der Waals surface area contributed by atoms with Crippen molar-refractivity contribution in [2.45, 2.75) is 78.9 Å². The standard InChI is InChI=1S/C28H39NO9/c1-10-14(3)20(31)19-21(37-9)16(23(32)27(6,35)22(19)29)13-26(5)18(36-8)12-17(30)28(7,25(26)34)38-24(33)15(4)11-2/h12,14-15,35H,10-11,13,29H2,1-9H3/t14-,15-,26-,27-,28-/m1/s1. The molecule has 0 saturated heterocycles. The zero-order valence-corrected chi connectivity index (χ0v) is 23.6. The van der Waals surface area contributed by atoms with Crippen LogP contribution in [0.2, 0.25) is 0 Å². The minimum atomic E-state index is -2.26. The van der Waals surface area contributed by atoms with Crippen LogP contribution < -0.4 is 5.73 Å². The molecule has 210 valence electrons. The van der Waals surface area contributed by atoms with E-state index in [0.717, 1.165) is 6.08 Å². The second-order valence-electron chi connectivity index (χ2n) is 10.6. The first kappa shape index (κ1) is 31.0. The largest absolute Gasteiger partial charge is 0.500 e. The van der Waals surface area contributed by atoms with E-state index >= 15 is 0 Å². The predicted molar refractivity (Wildman–Crippen MR) is 137 cm³/mol. The molecule has 0 heterocycles. The van der Waals surface area contributed by atoms with Crippen molar-refractivity contribution in [2.24, 2.45) is 23.0 Å². The molecule has 0 fully saturated rings. The van der Waals surface area contributed by atoms with Gasteiger partial charge in [0.25, 0.3) is 0 Å². The van der Waals surface area contributed by atoms with Gasteiger partial charge in [0.05, 0.1) is 36.8 Å². The molecule has 2 rings (SSSR count). The fourth-order valence-corrected chi connectivity index (χ4v) is 4.63. The Morgan fingerprint density at radius 2 is 1.55 bits per heavy atom. The highest BCUT2D eigenvalue weighted by molar-refractivity contribution is 6.21. The molecule has 0 bridgehead atoms. The van der Waals surface area contributed by atoms with Crippen molar-refractivity contribution in [1.82, 2.24) is 0 Å². The van der Waals surface area contributed by atoms with Gasteiger partial charge in [0.1, 0.15) is 11.5 Å². The number of ketones is 4. The van der Waals surface area contributed by atoms with Crippen molar-refractivity contribution < 1.29 is 43.3 Å². The maximum atomic E-state index is 14.0. The molecule has 0 aromatic carbocycles. The highest BCUT2D eigenvalue weighted by atomic mass is 16.6. The number of allylic oxidation sites excluding steroid dienone is 2. The molecule has 38 heavy (non-hydrogen) atoms. The smallest absolute Gasteiger partial charge is 0.310 e. The van der Waals surface area contributed by atoms with E-state index in [1.165, 1.54) is 35.0 Å². The molecule has 5 atom stereocenters. The molecule has 0 spiro atoms. The van der Waals surface area contributed by atoms with Gasteiger partial charge >= 0.3 is 5.97 Å². The summed E-state index contributed by atoms with van der Waals surface area (Å²) in [5.74, 6) is -4.93. The lowest BCUT2D eigenvalue weighted by Crippen LogP contribution is -2.58. The van der Waals surface area contributed by atoms with Crippen molar-refractivity contribution in [3.8, 4) is 0 Å². The van der Waals surface area contributed by atoms with Crippen LogP contribution in [0.15, 0.2) is 34.4 Å². The van der Waals surface area contributed by atoms with Gasteiger partial charge in [-0.05, 0) is 40.0 Å². The van der Waals surface area contributed by atoms with E-state index < -0.39 is 64.0 Å². The number of carbonyl (C=O) groups is 5. The third kappa shape index (κ3) is 4.81. The number of methoxy groups -OCH3 is 2. The quantitative estimate of drug-likeness (QED) is 0.315. The summed E-state index contributed by atoms with van der Waals surface area (Å²) in [4.78, 5) is 66.5. The lowest BCUT2D eigenvalue weighted by atomic mass is 9.65. The number of esters is 1. The molecule has 0 saturated carbocycles. The van der Waals surface area contributed by atoms with Crippen LogP contribution in [0.4, 0.5) is 0 Å². The SMILES string of the molecule is CC[C@@H](C)C(=O)O[C@]1(C)C(=O)C=C(OC)[C@@](C)(CC2=C(OC)C(C(=O)[C@H](C)CC)=C(N)[C@@](C)(O)C2=O)C1=O. The molecule has 0 unspecified atom stereocenters. The number of carbonyl (C=O) groups excluding carboxylic acids is 5. The minimum absolute atomic E-state index is 0.0720. The lowest BCUT2D eigenvalue weighted by Gasteiger charge is -2.42. The van der Waals surface area contributed by atoms with Gasteiger partial charge in [0.2, 0.25) is 11.4 Å². The van der Waals surface area contributed by atoms with Gasteiger partial charge in [-0.1, -0.05) is 27.7 Å². The first-order valence-corrected chi connectivity index (χ1v) is 12.7. The Labute approximate surface area is 223 Å². The summed E-state index contributed by atoms with van der Waals surface area (Å²) in [6, 6.07) is 0. The molecule has 0 radical (unpaired) electrons. The van der Waals surface area contributed by atoms with Crippen molar-refractivity contribution >= 4 is 29.1 Å².